The van der Waals surface area contributed by atoms with Crippen LogP contribution >= 0.6 is 0 Å². The number of hydrogen-bond donors (Lipinski definition) is 2. The maximum absolute atomic E-state index is 12.1. The molecular weight excluding hydrogens is 254 g/mol. The van der Waals surface area contributed by atoms with E-state index in [0.717, 1.165) is 31.8 Å². The van der Waals surface area contributed by atoms with Gasteiger partial charge in [-0.2, -0.15) is 0 Å². The third-order valence-electron chi connectivity index (χ3n) is 4.51. The molecule has 2 fully saturated rings. The molecule has 1 saturated heterocycles. The molecule has 0 radical (unpaired) electrons. The summed E-state index contributed by atoms with van der Waals surface area (Å²) in [6.45, 7) is 6.96. The SMILES string of the molecule is CC1CCC(NC(=O)CN2CCOC(C(C)N)C2)CC1. The van der Waals surface area contributed by atoms with Crippen molar-refractivity contribution in [2.45, 2.75) is 57.7 Å². The van der Waals surface area contributed by atoms with Gasteiger partial charge < -0.3 is 15.8 Å². The van der Waals surface area contributed by atoms with E-state index in [1.54, 1.807) is 0 Å². The minimum absolute atomic E-state index is 0.0145. The summed E-state index contributed by atoms with van der Waals surface area (Å²) in [5, 5.41) is 3.18. The molecule has 1 heterocycles. The monoisotopic (exact) mass is 283 g/mol. The first-order valence-electron chi connectivity index (χ1n) is 7.93. The quantitative estimate of drug-likeness (QED) is 0.798. The second-order valence-electron chi connectivity index (χ2n) is 6.53. The zero-order chi connectivity index (χ0) is 14.5. The molecule has 3 N–H and O–H groups in total. The summed E-state index contributed by atoms with van der Waals surface area (Å²) in [7, 11) is 0. The van der Waals surface area contributed by atoms with E-state index >= 15 is 0 Å². The van der Waals surface area contributed by atoms with E-state index in [0.29, 0.717) is 19.2 Å². The first-order valence-corrected chi connectivity index (χ1v) is 7.93. The molecule has 20 heavy (non-hydrogen) atoms. The van der Waals surface area contributed by atoms with Crippen molar-refractivity contribution in [2.24, 2.45) is 11.7 Å². The molecule has 0 bridgehead atoms. The zero-order valence-electron chi connectivity index (χ0n) is 12.8. The molecule has 1 amide bonds. The predicted molar refractivity (Wildman–Crippen MR) is 79.4 cm³/mol. The Morgan fingerprint density at radius 2 is 2.10 bits per heavy atom. The molecule has 5 nitrogen and oxygen atoms in total. The number of morpholine rings is 1. The van der Waals surface area contributed by atoms with E-state index in [9.17, 15) is 4.79 Å². The first kappa shape index (κ1) is 15.7. The number of hydrogen-bond acceptors (Lipinski definition) is 4. The second kappa shape index (κ2) is 7.38. The minimum atomic E-state index is 0.0145. The molecule has 2 rings (SSSR count). The highest BCUT2D eigenvalue weighted by atomic mass is 16.5. The number of nitrogens with zero attached hydrogens (tertiary/aromatic N) is 1. The maximum Gasteiger partial charge on any atom is 0.234 e. The van der Waals surface area contributed by atoms with Gasteiger partial charge in [0.1, 0.15) is 0 Å². The number of rotatable bonds is 4. The number of ether oxygens (including phenoxy) is 1. The summed E-state index contributed by atoms with van der Waals surface area (Å²) in [4.78, 5) is 14.3. The summed E-state index contributed by atoms with van der Waals surface area (Å²) in [5.41, 5.74) is 5.87. The second-order valence-corrected chi connectivity index (χ2v) is 6.53. The van der Waals surface area contributed by atoms with Gasteiger partial charge in [-0.3, -0.25) is 9.69 Å². The minimum Gasteiger partial charge on any atom is -0.374 e. The van der Waals surface area contributed by atoms with Crippen molar-refractivity contribution in [1.29, 1.82) is 0 Å². The first-order chi connectivity index (χ1) is 9.54. The Bertz CT molecular complexity index is 314. The number of carbonyl (C=O) groups is 1. The Hall–Kier alpha value is -0.650. The lowest BCUT2D eigenvalue weighted by molar-refractivity contribution is -0.125. The summed E-state index contributed by atoms with van der Waals surface area (Å²) >= 11 is 0. The van der Waals surface area contributed by atoms with Crippen LogP contribution < -0.4 is 11.1 Å². The molecule has 1 aliphatic heterocycles. The summed E-state index contributed by atoms with van der Waals surface area (Å²) in [6.07, 6.45) is 4.76. The Kier molecular flexibility index (Phi) is 5.81. The van der Waals surface area contributed by atoms with Crippen LogP contribution in [0, 0.1) is 5.92 Å². The van der Waals surface area contributed by atoms with Crippen LogP contribution in [-0.4, -0.2) is 55.2 Å². The van der Waals surface area contributed by atoms with Crippen LogP contribution in [0.3, 0.4) is 0 Å². The molecule has 116 valence electrons. The van der Waals surface area contributed by atoms with Gasteiger partial charge in [0, 0.05) is 25.2 Å². The standard InChI is InChI=1S/C15H29N3O2/c1-11-3-5-13(6-4-11)17-15(19)10-18-7-8-20-14(9-18)12(2)16/h11-14H,3-10,16H2,1-2H3,(H,17,19). The highest BCUT2D eigenvalue weighted by Gasteiger charge is 2.26. The van der Waals surface area contributed by atoms with Crippen molar-refractivity contribution in [3.63, 3.8) is 0 Å². The summed E-state index contributed by atoms with van der Waals surface area (Å²) < 4.78 is 5.61. The number of nitrogens with one attached hydrogen (secondary N) is 1. The van der Waals surface area contributed by atoms with Crippen molar-refractivity contribution in [3.8, 4) is 0 Å². The van der Waals surface area contributed by atoms with Crippen LogP contribution in [0.5, 0.6) is 0 Å². The number of amides is 1. The fourth-order valence-corrected chi connectivity index (χ4v) is 3.07. The Balaban J connectivity index is 1.71. The Labute approximate surface area is 122 Å². The van der Waals surface area contributed by atoms with Gasteiger partial charge in [-0.05, 0) is 38.5 Å². The van der Waals surface area contributed by atoms with Gasteiger partial charge in [-0.15, -0.1) is 0 Å². The van der Waals surface area contributed by atoms with Crippen LogP contribution in [0.1, 0.15) is 39.5 Å². The molecule has 2 aliphatic rings. The van der Waals surface area contributed by atoms with E-state index in [-0.39, 0.29) is 18.1 Å². The van der Waals surface area contributed by atoms with Gasteiger partial charge in [0.15, 0.2) is 0 Å². The predicted octanol–water partition coefficient (Wildman–Crippen LogP) is 0.729. The van der Waals surface area contributed by atoms with Crippen molar-refractivity contribution < 1.29 is 9.53 Å². The number of nitrogens with two attached hydrogens (primary N) is 1. The molecule has 1 saturated carbocycles. The van der Waals surface area contributed by atoms with E-state index < -0.39 is 0 Å². The normalized spacial score (nSPS) is 33.6. The smallest absolute Gasteiger partial charge is 0.234 e. The highest BCUT2D eigenvalue weighted by molar-refractivity contribution is 5.78. The lowest BCUT2D eigenvalue weighted by atomic mass is 9.87. The summed E-state index contributed by atoms with van der Waals surface area (Å²) in [5.74, 6) is 0.962. The molecular formula is C15H29N3O2. The lowest BCUT2D eigenvalue weighted by Crippen LogP contribution is -2.52. The third kappa shape index (κ3) is 4.72. The average molecular weight is 283 g/mol. The van der Waals surface area contributed by atoms with Crippen LogP contribution in [0.4, 0.5) is 0 Å². The molecule has 0 aromatic rings. The van der Waals surface area contributed by atoms with E-state index in [1.807, 2.05) is 6.92 Å². The molecule has 0 aromatic carbocycles. The van der Waals surface area contributed by atoms with Crippen molar-refractivity contribution in [2.75, 3.05) is 26.2 Å². The third-order valence-corrected chi connectivity index (χ3v) is 4.51. The van der Waals surface area contributed by atoms with E-state index in [1.165, 1.54) is 12.8 Å². The maximum atomic E-state index is 12.1. The fraction of sp³-hybridized carbons (Fsp3) is 0.933. The average Bonchev–Trinajstić information content (AvgIpc) is 2.41. The van der Waals surface area contributed by atoms with Crippen LogP contribution in [-0.2, 0) is 9.53 Å². The lowest BCUT2D eigenvalue weighted by Gasteiger charge is -2.35. The topological polar surface area (TPSA) is 67.6 Å². The van der Waals surface area contributed by atoms with Gasteiger partial charge in [0.05, 0.1) is 19.3 Å². The Morgan fingerprint density at radius 1 is 1.40 bits per heavy atom. The largest absolute Gasteiger partial charge is 0.374 e. The molecule has 0 spiro atoms. The van der Waals surface area contributed by atoms with E-state index in [2.05, 4.69) is 17.1 Å². The van der Waals surface area contributed by atoms with Crippen LogP contribution in [0.15, 0.2) is 0 Å². The molecule has 2 atom stereocenters. The Morgan fingerprint density at radius 3 is 2.75 bits per heavy atom. The van der Waals surface area contributed by atoms with Gasteiger partial charge >= 0.3 is 0 Å². The van der Waals surface area contributed by atoms with E-state index in [4.69, 9.17) is 10.5 Å². The zero-order valence-corrected chi connectivity index (χ0v) is 12.8. The van der Waals surface area contributed by atoms with Gasteiger partial charge in [0.2, 0.25) is 5.91 Å². The molecule has 1 aliphatic carbocycles. The van der Waals surface area contributed by atoms with Gasteiger partial charge in [0.25, 0.3) is 0 Å². The molecule has 2 unspecified atom stereocenters. The van der Waals surface area contributed by atoms with Crippen molar-refractivity contribution >= 4 is 5.91 Å². The molecule has 0 aromatic heterocycles. The number of carbonyl (C=O) groups excluding carboxylic acids is 1. The van der Waals surface area contributed by atoms with Crippen molar-refractivity contribution in [3.05, 3.63) is 0 Å². The summed E-state index contributed by atoms with van der Waals surface area (Å²) in [6, 6.07) is 0.393. The van der Waals surface area contributed by atoms with Gasteiger partial charge in [-0.25, -0.2) is 0 Å². The van der Waals surface area contributed by atoms with Crippen LogP contribution in [0.25, 0.3) is 0 Å². The highest BCUT2D eigenvalue weighted by Crippen LogP contribution is 2.23. The fourth-order valence-electron chi connectivity index (χ4n) is 3.07. The van der Waals surface area contributed by atoms with Gasteiger partial charge in [-0.1, -0.05) is 6.92 Å². The van der Waals surface area contributed by atoms with Crippen LogP contribution in [0.2, 0.25) is 0 Å². The van der Waals surface area contributed by atoms with Crippen molar-refractivity contribution in [1.82, 2.24) is 10.2 Å². The molecule has 5 heteroatoms.